The van der Waals surface area contributed by atoms with Crippen LogP contribution in [0.1, 0.15) is 48.9 Å². The maximum atomic E-state index is 13.2. The van der Waals surface area contributed by atoms with Gasteiger partial charge < -0.3 is 19.7 Å². The molecule has 1 aromatic rings. The lowest BCUT2D eigenvalue weighted by Crippen LogP contribution is -2.38. The Morgan fingerprint density at radius 2 is 2.00 bits per heavy atom. The summed E-state index contributed by atoms with van der Waals surface area (Å²) >= 11 is 1.48. The number of carbonyl (C=O) groups is 2. The molecule has 1 aromatic carbocycles. The van der Waals surface area contributed by atoms with Crippen molar-refractivity contribution in [3.05, 3.63) is 57.3 Å². The fourth-order valence-corrected chi connectivity index (χ4v) is 4.99. The van der Waals surface area contributed by atoms with Crippen molar-refractivity contribution < 1.29 is 19.1 Å². The summed E-state index contributed by atoms with van der Waals surface area (Å²) in [4.78, 5) is 32.5. The second-order valence-electron chi connectivity index (χ2n) is 8.40. The van der Waals surface area contributed by atoms with Gasteiger partial charge in [0, 0.05) is 18.8 Å². The molecule has 0 saturated heterocycles. The number of aliphatic imine (C=N–C) groups is 1. The average molecular weight is 456 g/mol. The maximum absolute atomic E-state index is 13.2. The zero-order valence-corrected chi connectivity index (χ0v) is 19.8. The molecule has 0 spiro atoms. The van der Waals surface area contributed by atoms with Gasteiger partial charge in [-0.1, -0.05) is 35.5 Å². The van der Waals surface area contributed by atoms with Crippen LogP contribution in [0.5, 0.6) is 0 Å². The van der Waals surface area contributed by atoms with Crippen LogP contribution in [0.3, 0.4) is 0 Å². The largest absolute Gasteiger partial charge is 0.460 e. The zero-order chi connectivity index (χ0) is 22.8. The highest BCUT2D eigenvalue weighted by Gasteiger charge is 2.41. The molecule has 2 aliphatic heterocycles. The van der Waals surface area contributed by atoms with E-state index in [2.05, 4.69) is 17.4 Å². The molecule has 0 radical (unpaired) electrons. The van der Waals surface area contributed by atoms with E-state index in [0.29, 0.717) is 23.9 Å². The van der Waals surface area contributed by atoms with E-state index in [4.69, 9.17) is 14.5 Å². The van der Waals surface area contributed by atoms with E-state index in [9.17, 15) is 9.59 Å². The van der Waals surface area contributed by atoms with Gasteiger partial charge in [0.25, 0.3) is 0 Å². The van der Waals surface area contributed by atoms with Crippen molar-refractivity contribution in [2.24, 2.45) is 4.99 Å². The normalized spacial score (nSPS) is 20.0. The van der Waals surface area contributed by atoms with Gasteiger partial charge in [0.2, 0.25) is 5.91 Å². The third kappa shape index (κ3) is 4.76. The van der Waals surface area contributed by atoms with Crippen molar-refractivity contribution in [2.45, 2.75) is 52.1 Å². The van der Waals surface area contributed by atoms with Crippen molar-refractivity contribution in [1.29, 1.82) is 0 Å². The third-order valence-electron chi connectivity index (χ3n) is 5.75. The van der Waals surface area contributed by atoms with Gasteiger partial charge in [-0.05, 0) is 50.1 Å². The van der Waals surface area contributed by atoms with Crippen molar-refractivity contribution in [3.63, 3.8) is 0 Å². The molecule has 0 bridgehead atoms. The molecule has 3 aliphatic rings. The monoisotopic (exact) mass is 455 g/mol. The number of hydrogen-bond acceptors (Lipinski definition) is 7. The van der Waals surface area contributed by atoms with Crippen LogP contribution < -0.4 is 5.32 Å². The van der Waals surface area contributed by atoms with Crippen molar-refractivity contribution >= 4 is 28.8 Å². The highest BCUT2D eigenvalue weighted by molar-refractivity contribution is 8.16. The SMILES string of the molecule is COCCOC(=O)C1=C(C)N=C2SC=C(CC(=O)NC3CC3)N2C1c1ccc(C)cc1C. The number of hydrogen-bond donors (Lipinski definition) is 1. The van der Waals surface area contributed by atoms with Crippen molar-refractivity contribution in [1.82, 2.24) is 10.2 Å². The van der Waals surface area contributed by atoms with Crippen LogP contribution >= 0.6 is 11.8 Å². The second-order valence-corrected chi connectivity index (χ2v) is 9.24. The predicted molar refractivity (Wildman–Crippen MR) is 125 cm³/mol. The number of aryl methyl sites for hydroxylation is 2. The minimum atomic E-state index is -0.411. The van der Waals surface area contributed by atoms with Crippen LogP contribution in [0, 0.1) is 13.8 Å². The molecule has 1 atom stereocenters. The molecule has 32 heavy (non-hydrogen) atoms. The summed E-state index contributed by atoms with van der Waals surface area (Å²) in [5, 5.41) is 5.79. The average Bonchev–Trinajstić information content (AvgIpc) is 3.46. The maximum Gasteiger partial charge on any atom is 0.338 e. The number of carbonyl (C=O) groups excluding carboxylic acids is 2. The summed E-state index contributed by atoms with van der Waals surface area (Å²) < 4.78 is 10.5. The first kappa shape index (κ1) is 22.6. The molecule has 0 aromatic heterocycles. The minimum absolute atomic E-state index is 0.00419. The Morgan fingerprint density at radius 1 is 1.22 bits per heavy atom. The number of ether oxygens (including phenoxy) is 2. The molecule has 8 heteroatoms. The van der Waals surface area contributed by atoms with E-state index >= 15 is 0 Å². The summed E-state index contributed by atoms with van der Waals surface area (Å²) in [7, 11) is 1.57. The molecule has 1 unspecified atom stereocenters. The first-order valence-corrected chi connectivity index (χ1v) is 11.7. The first-order valence-electron chi connectivity index (χ1n) is 10.9. The van der Waals surface area contributed by atoms with Gasteiger partial charge in [-0.3, -0.25) is 4.79 Å². The number of amides is 1. The standard InChI is InChI=1S/C24H29N3O4S/c1-14-5-8-19(15(2)11-14)22-21(23(29)31-10-9-30-4)16(3)25-24-27(22)18(13-32-24)12-20(28)26-17-6-7-17/h5,8,11,13,17,22H,6-7,9-10,12H2,1-4H3,(H,26,28). The first-order chi connectivity index (χ1) is 15.4. The third-order valence-corrected chi connectivity index (χ3v) is 6.63. The summed E-state index contributed by atoms with van der Waals surface area (Å²) in [5.74, 6) is -0.415. The topological polar surface area (TPSA) is 80.2 Å². The van der Waals surface area contributed by atoms with Gasteiger partial charge in [-0.25, -0.2) is 9.79 Å². The molecule has 1 fully saturated rings. The van der Waals surface area contributed by atoms with Gasteiger partial charge in [-0.2, -0.15) is 0 Å². The fourth-order valence-electron chi connectivity index (χ4n) is 4.02. The summed E-state index contributed by atoms with van der Waals surface area (Å²) in [6.45, 7) is 6.43. The van der Waals surface area contributed by atoms with E-state index in [1.165, 1.54) is 11.8 Å². The number of amidine groups is 1. The minimum Gasteiger partial charge on any atom is -0.460 e. The molecular formula is C24H29N3O4S. The Bertz CT molecular complexity index is 1030. The molecule has 2 heterocycles. The Hall–Kier alpha value is -2.58. The lowest BCUT2D eigenvalue weighted by Gasteiger charge is -2.37. The summed E-state index contributed by atoms with van der Waals surface area (Å²) in [6, 6.07) is 6.10. The number of nitrogens with zero attached hydrogens (tertiary/aromatic N) is 2. The summed E-state index contributed by atoms with van der Waals surface area (Å²) in [5.41, 5.74) is 5.19. The van der Waals surface area contributed by atoms with Crippen molar-refractivity contribution in [3.8, 4) is 0 Å². The molecule has 1 N–H and O–H groups in total. The Balaban J connectivity index is 1.70. The Labute approximate surface area is 192 Å². The second kappa shape index (κ2) is 9.50. The van der Waals surface area contributed by atoms with Gasteiger partial charge >= 0.3 is 5.97 Å². The number of fused-ring (bicyclic) bond motifs is 1. The highest BCUT2D eigenvalue weighted by atomic mass is 32.2. The van der Waals surface area contributed by atoms with Crippen LogP contribution in [0.2, 0.25) is 0 Å². The number of rotatable bonds is 8. The fraction of sp³-hybridized carbons (Fsp3) is 0.458. The lowest BCUT2D eigenvalue weighted by molar-refractivity contribution is -0.141. The van der Waals surface area contributed by atoms with Crippen LogP contribution in [-0.4, -0.2) is 48.3 Å². The van der Waals surface area contributed by atoms with Gasteiger partial charge in [-0.15, -0.1) is 0 Å². The Kier molecular flexibility index (Phi) is 6.71. The van der Waals surface area contributed by atoms with Crippen LogP contribution in [0.4, 0.5) is 0 Å². The number of nitrogens with one attached hydrogen (secondary N) is 1. The number of thioether (sulfide) groups is 1. The zero-order valence-electron chi connectivity index (χ0n) is 18.9. The molecular weight excluding hydrogens is 426 g/mol. The predicted octanol–water partition coefficient (Wildman–Crippen LogP) is 3.74. The van der Waals surface area contributed by atoms with E-state index in [1.807, 2.05) is 37.1 Å². The van der Waals surface area contributed by atoms with E-state index in [-0.39, 0.29) is 18.9 Å². The van der Waals surface area contributed by atoms with Gasteiger partial charge in [0.15, 0.2) is 5.17 Å². The van der Waals surface area contributed by atoms with Gasteiger partial charge in [0.1, 0.15) is 6.61 Å². The quantitative estimate of drug-likeness (QED) is 0.475. The molecule has 1 amide bonds. The van der Waals surface area contributed by atoms with E-state index < -0.39 is 12.0 Å². The number of esters is 1. The number of allylic oxidation sites excluding steroid dienone is 1. The van der Waals surface area contributed by atoms with Crippen molar-refractivity contribution in [2.75, 3.05) is 20.3 Å². The molecule has 170 valence electrons. The van der Waals surface area contributed by atoms with Crippen LogP contribution in [-0.2, 0) is 19.1 Å². The van der Waals surface area contributed by atoms with Crippen LogP contribution in [0.15, 0.2) is 45.6 Å². The summed E-state index contributed by atoms with van der Waals surface area (Å²) in [6.07, 6.45) is 2.33. The molecule has 7 nitrogen and oxygen atoms in total. The van der Waals surface area contributed by atoms with Gasteiger partial charge in [0.05, 0.1) is 30.3 Å². The Morgan fingerprint density at radius 3 is 2.69 bits per heavy atom. The number of benzene rings is 1. The smallest absolute Gasteiger partial charge is 0.338 e. The highest BCUT2D eigenvalue weighted by Crippen LogP contribution is 2.45. The molecule has 1 aliphatic carbocycles. The van der Waals surface area contributed by atoms with E-state index in [1.54, 1.807) is 7.11 Å². The van der Waals surface area contributed by atoms with E-state index in [0.717, 1.165) is 40.4 Å². The van der Waals surface area contributed by atoms with Crippen LogP contribution in [0.25, 0.3) is 0 Å². The lowest BCUT2D eigenvalue weighted by atomic mass is 9.90. The number of methoxy groups -OCH3 is 1. The molecule has 4 rings (SSSR count). The molecule has 1 saturated carbocycles.